The summed E-state index contributed by atoms with van der Waals surface area (Å²) in [6.07, 6.45) is 0. The average Bonchev–Trinajstić information content (AvgIpc) is 2.50. The third kappa shape index (κ3) is 3.72. The van der Waals surface area contributed by atoms with Crippen molar-refractivity contribution in [2.45, 2.75) is 27.3 Å². The number of amides is 1. The normalized spacial score (nSPS) is 10.3. The van der Waals surface area contributed by atoms with Gasteiger partial charge in [0.05, 0.1) is 6.61 Å². The Bertz CT molecular complexity index is 717. The topological polar surface area (TPSA) is 84.1 Å². The minimum Gasteiger partial charge on any atom is -0.494 e. The van der Waals surface area contributed by atoms with Crippen LogP contribution in [-0.2, 0) is 6.54 Å². The molecule has 0 radical (unpaired) electrons. The maximum Gasteiger partial charge on any atom is 0.271 e. The van der Waals surface area contributed by atoms with E-state index < -0.39 is 0 Å². The predicted octanol–water partition coefficient (Wildman–Crippen LogP) is 1.72. The Hall–Kier alpha value is -2.63. The van der Waals surface area contributed by atoms with Gasteiger partial charge in [0, 0.05) is 12.6 Å². The summed E-state index contributed by atoms with van der Waals surface area (Å²) in [7, 11) is 0. The third-order valence-electron chi connectivity index (χ3n) is 3.28. The second-order valence-electron chi connectivity index (χ2n) is 4.97. The van der Waals surface area contributed by atoms with Crippen LogP contribution < -0.4 is 15.6 Å². The van der Waals surface area contributed by atoms with Gasteiger partial charge in [-0.15, -0.1) is 0 Å². The molecule has 6 heteroatoms. The molecule has 1 amide bonds. The Balaban J connectivity index is 2.08. The van der Waals surface area contributed by atoms with Gasteiger partial charge >= 0.3 is 0 Å². The first-order valence-corrected chi connectivity index (χ1v) is 7.08. The molecule has 6 nitrogen and oxygen atoms in total. The molecule has 116 valence electrons. The van der Waals surface area contributed by atoms with E-state index in [1.54, 1.807) is 0 Å². The molecule has 0 spiro atoms. The second kappa shape index (κ2) is 6.89. The van der Waals surface area contributed by atoms with Crippen LogP contribution in [0.5, 0.6) is 5.75 Å². The molecule has 1 aromatic heterocycles. The average molecular weight is 301 g/mol. The highest BCUT2D eigenvalue weighted by atomic mass is 16.5. The molecule has 0 saturated carbocycles. The van der Waals surface area contributed by atoms with Gasteiger partial charge in [0.15, 0.2) is 0 Å². The van der Waals surface area contributed by atoms with E-state index in [0.717, 1.165) is 22.4 Å². The van der Waals surface area contributed by atoms with Gasteiger partial charge in [-0.25, -0.2) is 5.10 Å². The highest BCUT2D eigenvalue weighted by molar-refractivity contribution is 5.91. The zero-order valence-electron chi connectivity index (χ0n) is 12.9. The van der Waals surface area contributed by atoms with Crippen LogP contribution in [0.3, 0.4) is 0 Å². The van der Waals surface area contributed by atoms with Crippen molar-refractivity contribution < 1.29 is 9.53 Å². The van der Waals surface area contributed by atoms with Crippen molar-refractivity contribution in [3.05, 3.63) is 57.0 Å². The third-order valence-corrected chi connectivity index (χ3v) is 3.28. The number of ether oxygens (including phenoxy) is 1. The van der Waals surface area contributed by atoms with E-state index in [9.17, 15) is 9.59 Å². The maximum atomic E-state index is 12.0. The summed E-state index contributed by atoms with van der Waals surface area (Å²) in [4.78, 5) is 22.9. The molecule has 0 aliphatic heterocycles. The highest BCUT2D eigenvalue weighted by Gasteiger charge is 2.09. The number of carbonyl (C=O) groups is 1. The summed E-state index contributed by atoms with van der Waals surface area (Å²) in [6, 6.07) is 6.64. The standard InChI is InChI=1S/C16H19N3O3/c1-4-22-14-8-10(2)12(7-11(14)3)9-17-16(21)13-5-6-15(20)19-18-13/h5-8H,4,9H2,1-3H3,(H,17,21)(H,19,20). The molecule has 0 aliphatic rings. The quantitative estimate of drug-likeness (QED) is 0.880. The molecule has 2 N–H and O–H groups in total. The molecule has 2 rings (SSSR count). The van der Waals surface area contributed by atoms with Gasteiger partial charge in [-0.1, -0.05) is 6.07 Å². The van der Waals surface area contributed by atoms with Crippen molar-refractivity contribution in [3.63, 3.8) is 0 Å². The molecule has 0 saturated heterocycles. The summed E-state index contributed by atoms with van der Waals surface area (Å²) >= 11 is 0. The molecular formula is C16H19N3O3. The minimum absolute atomic E-state index is 0.180. The first-order valence-electron chi connectivity index (χ1n) is 7.08. The Morgan fingerprint density at radius 1 is 1.27 bits per heavy atom. The van der Waals surface area contributed by atoms with E-state index in [0.29, 0.717) is 13.2 Å². The van der Waals surface area contributed by atoms with E-state index in [1.807, 2.05) is 32.9 Å². The SMILES string of the molecule is CCOc1cc(C)c(CNC(=O)c2ccc(=O)[nH]n2)cc1C. The van der Waals surface area contributed by atoms with Crippen molar-refractivity contribution in [2.24, 2.45) is 0 Å². The van der Waals surface area contributed by atoms with Crippen LogP contribution in [0.15, 0.2) is 29.1 Å². The highest BCUT2D eigenvalue weighted by Crippen LogP contribution is 2.22. The lowest BCUT2D eigenvalue weighted by atomic mass is 10.0. The molecular weight excluding hydrogens is 282 g/mol. The fourth-order valence-corrected chi connectivity index (χ4v) is 2.09. The summed E-state index contributed by atoms with van der Waals surface area (Å²) in [5, 5.41) is 8.73. The molecule has 0 aliphatic carbocycles. The number of hydrogen-bond acceptors (Lipinski definition) is 4. The molecule has 22 heavy (non-hydrogen) atoms. The van der Waals surface area contributed by atoms with Crippen LogP contribution in [0.2, 0.25) is 0 Å². The largest absolute Gasteiger partial charge is 0.494 e. The lowest BCUT2D eigenvalue weighted by Crippen LogP contribution is -2.25. The van der Waals surface area contributed by atoms with Gasteiger partial charge < -0.3 is 10.1 Å². The van der Waals surface area contributed by atoms with Gasteiger partial charge in [-0.05, 0) is 49.6 Å². The van der Waals surface area contributed by atoms with Crippen molar-refractivity contribution in [3.8, 4) is 5.75 Å². The summed E-state index contributed by atoms with van der Waals surface area (Å²) in [5.41, 5.74) is 2.93. The van der Waals surface area contributed by atoms with Gasteiger partial charge in [0.1, 0.15) is 11.4 Å². The fraction of sp³-hybridized carbons (Fsp3) is 0.312. The minimum atomic E-state index is -0.338. The molecule has 0 unspecified atom stereocenters. The molecule has 1 aromatic carbocycles. The van der Waals surface area contributed by atoms with E-state index >= 15 is 0 Å². The number of rotatable bonds is 5. The molecule has 2 aromatic rings. The van der Waals surface area contributed by atoms with Gasteiger partial charge in [0.2, 0.25) is 0 Å². The molecule has 0 fully saturated rings. The van der Waals surface area contributed by atoms with E-state index in [1.165, 1.54) is 12.1 Å². The smallest absolute Gasteiger partial charge is 0.271 e. The first-order chi connectivity index (χ1) is 10.5. The van der Waals surface area contributed by atoms with E-state index in [4.69, 9.17) is 4.74 Å². The summed E-state index contributed by atoms with van der Waals surface area (Å²) in [5.74, 6) is 0.527. The molecule has 0 bridgehead atoms. The zero-order chi connectivity index (χ0) is 16.1. The van der Waals surface area contributed by atoms with Crippen molar-refractivity contribution in [2.75, 3.05) is 6.61 Å². The second-order valence-corrected chi connectivity index (χ2v) is 4.97. The van der Waals surface area contributed by atoms with Crippen molar-refractivity contribution >= 4 is 5.91 Å². The number of aromatic nitrogens is 2. The Labute approximate surface area is 128 Å². The number of benzene rings is 1. The monoisotopic (exact) mass is 301 g/mol. The Kier molecular flexibility index (Phi) is 4.93. The lowest BCUT2D eigenvalue weighted by molar-refractivity contribution is 0.0944. The van der Waals surface area contributed by atoms with Crippen molar-refractivity contribution in [1.82, 2.24) is 15.5 Å². The predicted molar refractivity (Wildman–Crippen MR) is 83.1 cm³/mol. The summed E-state index contributed by atoms with van der Waals surface area (Å²) < 4.78 is 5.55. The number of carbonyl (C=O) groups excluding carboxylic acids is 1. The summed E-state index contributed by atoms with van der Waals surface area (Å²) in [6.45, 7) is 6.90. The van der Waals surface area contributed by atoms with Gasteiger partial charge in [0.25, 0.3) is 11.5 Å². The Morgan fingerprint density at radius 3 is 2.68 bits per heavy atom. The molecule has 1 heterocycles. The number of H-pyrrole nitrogens is 1. The first kappa shape index (κ1) is 15.8. The van der Waals surface area contributed by atoms with Crippen LogP contribution in [0.25, 0.3) is 0 Å². The van der Waals surface area contributed by atoms with Crippen LogP contribution in [0.4, 0.5) is 0 Å². The number of hydrogen-bond donors (Lipinski definition) is 2. The Morgan fingerprint density at radius 2 is 2.05 bits per heavy atom. The number of aromatic amines is 1. The van der Waals surface area contributed by atoms with Crippen LogP contribution in [-0.4, -0.2) is 22.7 Å². The van der Waals surface area contributed by atoms with E-state index in [2.05, 4.69) is 15.5 Å². The zero-order valence-corrected chi connectivity index (χ0v) is 12.9. The van der Waals surface area contributed by atoms with Crippen molar-refractivity contribution in [1.29, 1.82) is 0 Å². The maximum absolute atomic E-state index is 12.0. The number of nitrogens with one attached hydrogen (secondary N) is 2. The lowest BCUT2D eigenvalue weighted by Gasteiger charge is -2.13. The van der Waals surface area contributed by atoms with Crippen LogP contribution in [0, 0.1) is 13.8 Å². The number of aryl methyl sites for hydroxylation is 2. The van der Waals surface area contributed by atoms with E-state index in [-0.39, 0.29) is 17.2 Å². The van der Waals surface area contributed by atoms with Gasteiger partial charge in [-0.2, -0.15) is 5.10 Å². The van der Waals surface area contributed by atoms with Gasteiger partial charge in [-0.3, -0.25) is 9.59 Å². The van der Waals surface area contributed by atoms with Crippen LogP contribution in [0.1, 0.15) is 34.1 Å². The molecule has 0 atom stereocenters. The van der Waals surface area contributed by atoms with Crippen LogP contribution >= 0.6 is 0 Å². The fourth-order valence-electron chi connectivity index (χ4n) is 2.09. The number of nitrogens with zero attached hydrogens (tertiary/aromatic N) is 1.